The standard InChI is InChI=1S/C23H24ClN3O2S2/c1-4-6-12-27-21(28)20(31-23(27)25-16-9-7-8-15(24)13-16)22-26(5-2)18-14-17(29-3)10-11-19(18)30-22/h7-11,13-14H,4-6,12H2,1-3H3. The molecule has 162 valence electrons. The fourth-order valence-corrected chi connectivity index (χ4v) is 6.04. The summed E-state index contributed by atoms with van der Waals surface area (Å²) in [5.41, 5.74) is 1.82. The molecular weight excluding hydrogens is 450 g/mol. The van der Waals surface area contributed by atoms with Crippen LogP contribution < -0.4 is 9.64 Å². The van der Waals surface area contributed by atoms with Crippen LogP contribution in [0, 0.1) is 0 Å². The number of ether oxygens (including phenoxy) is 1. The molecule has 0 unspecified atom stereocenters. The number of hydrogen-bond donors (Lipinski definition) is 0. The topological polar surface area (TPSA) is 45.1 Å². The highest BCUT2D eigenvalue weighted by Gasteiger charge is 2.39. The summed E-state index contributed by atoms with van der Waals surface area (Å²) in [6.07, 6.45) is 1.93. The summed E-state index contributed by atoms with van der Waals surface area (Å²) in [6.45, 7) is 5.62. The molecule has 2 aromatic carbocycles. The average molecular weight is 474 g/mol. The van der Waals surface area contributed by atoms with E-state index >= 15 is 0 Å². The normalized spacial score (nSPS) is 19.5. The van der Waals surface area contributed by atoms with Crippen LogP contribution in [0.2, 0.25) is 5.02 Å². The van der Waals surface area contributed by atoms with Crippen molar-refractivity contribution in [3.63, 3.8) is 0 Å². The second-order valence-electron chi connectivity index (χ2n) is 7.10. The van der Waals surface area contributed by atoms with E-state index in [0.29, 0.717) is 16.7 Å². The van der Waals surface area contributed by atoms with Crippen LogP contribution in [0.4, 0.5) is 11.4 Å². The molecule has 0 spiro atoms. The minimum absolute atomic E-state index is 0.0138. The molecule has 5 nitrogen and oxygen atoms in total. The van der Waals surface area contributed by atoms with Crippen LogP contribution in [-0.4, -0.2) is 36.2 Å². The van der Waals surface area contributed by atoms with E-state index < -0.39 is 0 Å². The third-order valence-electron chi connectivity index (χ3n) is 5.05. The molecule has 0 saturated carbocycles. The number of rotatable bonds is 6. The zero-order valence-electron chi connectivity index (χ0n) is 17.7. The lowest BCUT2D eigenvalue weighted by Gasteiger charge is -2.19. The van der Waals surface area contributed by atoms with E-state index in [1.807, 2.05) is 36.4 Å². The van der Waals surface area contributed by atoms with Gasteiger partial charge < -0.3 is 9.64 Å². The summed E-state index contributed by atoms with van der Waals surface area (Å²) in [5, 5.41) is 2.29. The monoisotopic (exact) mass is 473 g/mol. The number of aliphatic imine (C=N–C) groups is 1. The van der Waals surface area contributed by atoms with Crippen molar-refractivity contribution in [1.29, 1.82) is 0 Å². The summed E-state index contributed by atoms with van der Waals surface area (Å²) in [6, 6.07) is 13.4. The minimum atomic E-state index is 0.0138. The molecule has 0 N–H and O–H groups in total. The number of thioether (sulfide) groups is 2. The summed E-state index contributed by atoms with van der Waals surface area (Å²) < 4.78 is 5.41. The highest BCUT2D eigenvalue weighted by Crippen LogP contribution is 2.51. The lowest BCUT2D eigenvalue weighted by atomic mass is 10.2. The fraction of sp³-hybridized carbons (Fsp3) is 0.304. The first-order valence-electron chi connectivity index (χ1n) is 10.3. The van der Waals surface area contributed by atoms with Crippen molar-refractivity contribution in [3.05, 3.63) is 57.4 Å². The van der Waals surface area contributed by atoms with Gasteiger partial charge in [0.05, 0.1) is 18.5 Å². The number of carbonyl (C=O) groups excluding carboxylic acids is 1. The Morgan fingerprint density at radius 1 is 1.10 bits per heavy atom. The van der Waals surface area contributed by atoms with Gasteiger partial charge in [-0.15, -0.1) is 0 Å². The second-order valence-corrected chi connectivity index (χ2v) is 9.55. The van der Waals surface area contributed by atoms with Gasteiger partial charge in [0.2, 0.25) is 0 Å². The summed E-state index contributed by atoms with van der Waals surface area (Å²) >= 11 is 9.21. The van der Waals surface area contributed by atoms with Crippen molar-refractivity contribution in [2.24, 2.45) is 4.99 Å². The van der Waals surface area contributed by atoms with Crippen LogP contribution >= 0.6 is 35.1 Å². The maximum atomic E-state index is 13.5. The Kier molecular flexibility index (Phi) is 6.84. The highest BCUT2D eigenvalue weighted by atomic mass is 35.5. The number of anilines is 1. The first-order valence-corrected chi connectivity index (χ1v) is 12.3. The second kappa shape index (κ2) is 9.59. The van der Waals surface area contributed by atoms with Gasteiger partial charge in [0, 0.05) is 29.1 Å². The molecule has 0 aliphatic carbocycles. The third kappa shape index (κ3) is 4.45. The first-order chi connectivity index (χ1) is 15.0. The van der Waals surface area contributed by atoms with Gasteiger partial charge in [0.1, 0.15) is 15.7 Å². The zero-order chi connectivity index (χ0) is 22.0. The van der Waals surface area contributed by atoms with E-state index in [0.717, 1.165) is 51.3 Å². The molecule has 1 amide bonds. The number of hydrogen-bond acceptors (Lipinski definition) is 6. The number of methoxy groups -OCH3 is 1. The maximum absolute atomic E-state index is 13.5. The fourth-order valence-electron chi connectivity index (χ4n) is 3.46. The van der Waals surface area contributed by atoms with Gasteiger partial charge in [-0.25, -0.2) is 4.99 Å². The first kappa shape index (κ1) is 22.1. The number of nitrogens with zero attached hydrogens (tertiary/aromatic N) is 3. The van der Waals surface area contributed by atoms with E-state index in [1.165, 1.54) is 11.8 Å². The van der Waals surface area contributed by atoms with Crippen molar-refractivity contribution in [1.82, 2.24) is 4.90 Å². The van der Waals surface area contributed by atoms with Crippen LogP contribution in [0.1, 0.15) is 26.7 Å². The van der Waals surface area contributed by atoms with Crippen LogP contribution in [0.5, 0.6) is 5.75 Å². The predicted octanol–water partition coefficient (Wildman–Crippen LogP) is 6.51. The quantitative estimate of drug-likeness (QED) is 0.447. The number of benzene rings is 2. The Morgan fingerprint density at radius 2 is 1.94 bits per heavy atom. The van der Waals surface area contributed by atoms with E-state index in [9.17, 15) is 4.79 Å². The molecule has 0 aromatic heterocycles. The van der Waals surface area contributed by atoms with Gasteiger partial charge in [-0.2, -0.15) is 0 Å². The van der Waals surface area contributed by atoms with Gasteiger partial charge in [0.15, 0.2) is 5.17 Å². The molecule has 8 heteroatoms. The van der Waals surface area contributed by atoms with Gasteiger partial charge in [-0.1, -0.05) is 42.8 Å². The van der Waals surface area contributed by atoms with E-state index in [1.54, 1.807) is 23.8 Å². The predicted molar refractivity (Wildman–Crippen MR) is 132 cm³/mol. The summed E-state index contributed by atoms with van der Waals surface area (Å²) in [7, 11) is 1.67. The largest absolute Gasteiger partial charge is 0.497 e. The number of unbranched alkanes of at least 4 members (excludes halogenated alkanes) is 1. The third-order valence-corrected chi connectivity index (χ3v) is 7.66. The van der Waals surface area contributed by atoms with Crippen molar-refractivity contribution in [3.8, 4) is 5.75 Å². The van der Waals surface area contributed by atoms with E-state index in [2.05, 4.69) is 24.8 Å². The van der Waals surface area contributed by atoms with Gasteiger partial charge in [-0.3, -0.25) is 9.69 Å². The molecule has 1 fully saturated rings. The van der Waals surface area contributed by atoms with Gasteiger partial charge in [0.25, 0.3) is 5.91 Å². The van der Waals surface area contributed by atoms with Crippen molar-refractivity contribution >= 4 is 57.6 Å². The van der Waals surface area contributed by atoms with Crippen molar-refractivity contribution < 1.29 is 9.53 Å². The molecule has 0 radical (unpaired) electrons. The van der Waals surface area contributed by atoms with Crippen LogP contribution in [0.25, 0.3) is 0 Å². The molecule has 2 aliphatic rings. The van der Waals surface area contributed by atoms with Gasteiger partial charge >= 0.3 is 0 Å². The van der Waals surface area contributed by atoms with Crippen LogP contribution in [0.3, 0.4) is 0 Å². The molecule has 1 saturated heterocycles. The highest BCUT2D eigenvalue weighted by molar-refractivity contribution is 8.19. The smallest absolute Gasteiger partial charge is 0.269 e. The zero-order valence-corrected chi connectivity index (χ0v) is 20.1. The molecule has 0 bridgehead atoms. The lowest BCUT2D eigenvalue weighted by molar-refractivity contribution is -0.122. The summed E-state index contributed by atoms with van der Waals surface area (Å²) in [4.78, 5) is 24.1. The summed E-state index contributed by atoms with van der Waals surface area (Å²) in [5.74, 6) is 0.821. The Labute approximate surface area is 196 Å². The van der Waals surface area contributed by atoms with E-state index in [4.69, 9.17) is 21.3 Å². The van der Waals surface area contributed by atoms with Crippen LogP contribution in [-0.2, 0) is 4.79 Å². The van der Waals surface area contributed by atoms with E-state index in [-0.39, 0.29) is 5.91 Å². The number of fused-ring (bicyclic) bond motifs is 1. The Morgan fingerprint density at radius 3 is 2.65 bits per heavy atom. The van der Waals surface area contributed by atoms with Crippen LogP contribution in [0.15, 0.2) is 62.3 Å². The molecule has 31 heavy (non-hydrogen) atoms. The molecule has 2 aliphatic heterocycles. The molecule has 4 rings (SSSR count). The van der Waals surface area contributed by atoms with Crippen molar-refractivity contribution in [2.75, 3.05) is 25.1 Å². The maximum Gasteiger partial charge on any atom is 0.269 e. The molecule has 2 heterocycles. The lowest BCUT2D eigenvalue weighted by Crippen LogP contribution is -2.30. The molecule has 0 atom stereocenters. The number of amidine groups is 1. The average Bonchev–Trinajstić information content (AvgIpc) is 3.28. The minimum Gasteiger partial charge on any atom is -0.497 e. The Balaban J connectivity index is 1.74. The molecular formula is C23H24ClN3O2S2. The van der Waals surface area contributed by atoms with Crippen molar-refractivity contribution in [2.45, 2.75) is 31.6 Å². The Hall–Kier alpha value is -2.09. The SMILES string of the molecule is CCCCN1C(=O)C(=C2Sc3ccc(OC)cc3N2CC)SC1=Nc1cccc(Cl)c1. The number of carbonyl (C=O) groups is 1. The number of halogens is 1. The Bertz CT molecular complexity index is 1070. The number of amides is 1. The van der Waals surface area contributed by atoms with Gasteiger partial charge in [-0.05, 0) is 55.4 Å². The molecule has 2 aromatic rings.